The van der Waals surface area contributed by atoms with Gasteiger partial charge in [0.1, 0.15) is 42.3 Å². The third kappa shape index (κ3) is 19.5. The largest absolute Gasteiger partial charge is 0.391 e. The Morgan fingerprint density at radius 1 is 0.625 bits per heavy atom. The van der Waals surface area contributed by atoms with Gasteiger partial charge in [0.15, 0.2) is 5.96 Å². The molecule has 2 heterocycles. The van der Waals surface area contributed by atoms with Crippen LogP contribution in [0.1, 0.15) is 120 Å². The highest BCUT2D eigenvalue weighted by Gasteiger charge is 2.40. The zero-order chi connectivity index (χ0) is 54.4. The van der Waals surface area contributed by atoms with Gasteiger partial charge in [0.25, 0.3) is 0 Å². The molecule has 11 atom stereocenters. The molecule has 25 heteroatoms. The standard InChI is InChI=1S/C47H84N14O11/c1-10-26(6)36(43(69)55-30(16-13-21-52-47(49)50)46(72)61-23-15-18-32(61)41(67)51-12-3)57-39(65)29(19-20-33(48)63)54-45(71)38(28(8)62)59-44(70)37(27(7)11-2)58-42(68)35(25(4)5)56-34(64)24-53-40(66)31-17-14-22-60(31)9/h25-32,35-38,62H,10-24H2,1-9H3,(H2,48,63)(H,51,67)(H,53,66)(H,54,71)(H,55,69)(H,56,64)(H,57,65)(H,58,68)(H,59,70)(H4,49,50,52)/t26-,27-,28+,29-,30-,31-,32-,35-,36-,37+,38-/m0/s1. The number of aliphatic imine (C=N–C) groups is 1. The Morgan fingerprint density at radius 2 is 1.14 bits per heavy atom. The second kappa shape index (κ2) is 30.7. The average molecular weight is 1020 g/mol. The lowest BCUT2D eigenvalue weighted by molar-refractivity contribution is -0.142. The van der Waals surface area contributed by atoms with E-state index in [4.69, 9.17) is 17.2 Å². The van der Waals surface area contributed by atoms with Crippen LogP contribution < -0.4 is 59.7 Å². The average Bonchev–Trinajstić information content (AvgIpc) is 4.00. The Kier molecular flexibility index (Phi) is 26.4. The molecule has 15 N–H and O–H groups in total. The number of carbonyl (C=O) groups is 10. The number of carbonyl (C=O) groups excluding carboxylic acids is 10. The van der Waals surface area contributed by atoms with Gasteiger partial charge in [-0.3, -0.25) is 57.8 Å². The van der Waals surface area contributed by atoms with Crippen molar-refractivity contribution >= 4 is 65.0 Å². The number of hydrogen-bond donors (Lipinski definition) is 12. The minimum atomic E-state index is -1.72. The molecule has 10 amide bonds. The Balaban J connectivity index is 2.33. The minimum Gasteiger partial charge on any atom is -0.391 e. The van der Waals surface area contributed by atoms with Crippen LogP contribution in [0.2, 0.25) is 0 Å². The zero-order valence-electron chi connectivity index (χ0n) is 43.6. The van der Waals surface area contributed by atoms with E-state index in [1.165, 1.54) is 11.8 Å². The van der Waals surface area contributed by atoms with Crippen molar-refractivity contribution in [2.45, 2.75) is 174 Å². The highest BCUT2D eigenvalue weighted by molar-refractivity contribution is 5.98. The van der Waals surface area contributed by atoms with Gasteiger partial charge in [-0.15, -0.1) is 0 Å². The first-order valence-electron chi connectivity index (χ1n) is 25.3. The number of guanidine groups is 1. The Morgan fingerprint density at radius 3 is 1.67 bits per heavy atom. The number of nitrogens with one attached hydrogen (secondary N) is 8. The van der Waals surface area contributed by atoms with E-state index >= 15 is 0 Å². The fourth-order valence-corrected chi connectivity index (χ4v) is 8.47. The molecule has 2 fully saturated rings. The number of aliphatic hydroxyl groups excluding tert-OH is 1. The lowest BCUT2D eigenvalue weighted by Gasteiger charge is -2.32. The zero-order valence-corrected chi connectivity index (χ0v) is 43.6. The summed E-state index contributed by atoms with van der Waals surface area (Å²) in [6.07, 6.45) is 1.20. The molecular formula is C47H84N14O11. The minimum absolute atomic E-state index is 0.0703. The van der Waals surface area contributed by atoms with Gasteiger partial charge in [0, 0.05) is 26.1 Å². The number of hydrogen-bond acceptors (Lipinski definition) is 13. The van der Waals surface area contributed by atoms with Crippen LogP contribution in [-0.4, -0.2) is 174 Å². The number of likely N-dealkylation sites (N-methyl/N-ethyl adjacent to an activating group) is 2. The van der Waals surface area contributed by atoms with Crippen LogP contribution in [-0.2, 0) is 47.9 Å². The van der Waals surface area contributed by atoms with Crippen molar-refractivity contribution in [3.8, 4) is 0 Å². The number of amides is 10. The quantitative estimate of drug-likeness (QED) is 0.0191. The summed E-state index contributed by atoms with van der Waals surface area (Å²) in [5, 5.41) is 31.9. The molecular weight excluding hydrogens is 937 g/mol. The molecule has 2 aliphatic heterocycles. The van der Waals surface area contributed by atoms with Gasteiger partial charge in [0.2, 0.25) is 59.1 Å². The van der Waals surface area contributed by atoms with Gasteiger partial charge in [-0.1, -0.05) is 54.4 Å². The maximum Gasteiger partial charge on any atom is 0.245 e. The van der Waals surface area contributed by atoms with E-state index in [0.717, 1.165) is 13.0 Å². The van der Waals surface area contributed by atoms with Crippen molar-refractivity contribution in [2.24, 2.45) is 39.9 Å². The Labute approximate surface area is 423 Å². The van der Waals surface area contributed by atoms with Crippen LogP contribution in [0, 0.1) is 17.8 Å². The normalized spacial score (nSPS) is 19.4. The SMILES string of the molecule is CCNC(=O)[C@@H]1CCCN1C(=O)[C@H](CCCN=C(N)N)NC(=O)[C@@H](NC(=O)[C@H](CCC(N)=O)NC(=O)[C@@H](NC(=O)[C@H](NC(=O)[C@@H](NC(=O)CNC(=O)[C@@H]1CCCN1C)C(C)C)[C@@H](C)CC)[C@@H](C)O)[C@@H](C)CC. The van der Waals surface area contributed by atoms with Crippen LogP contribution in [0.25, 0.3) is 0 Å². The van der Waals surface area contributed by atoms with E-state index in [9.17, 15) is 53.1 Å². The van der Waals surface area contributed by atoms with Crippen LogP contribution in [0.4, 0.5) is 0 Å². The summed E-state index contributed by atoms with van der Waals surface area (Å²) >= 11 is 0. The number of nitrogens with zero attached hydrogens (tertiary/aromatic N) is 3. The van der Waals surface area contributed by atoms with E-state index in [2.05, 4.69) is 47.5 Å². The molecule has 72 heavy (non-hydrogen) atoms. The summed E-state index contributed by atoms with van der Waals surface area (Å²) in [6, 6.07) is -9.27. The predicted octanol–water partition coefficient (Wildman–Crippen LogP) is -3.32. The first kappa shape index (κ1) is 62.0. The predicted molar refractivity (Wildman–Crippen MR) is 267 cm³/mol. The van der Waals surface area contributed by atoms with Crippen molar-refractivity contribution in [1.82, 2.24) is 52.3 Å². The Hall–Kier alpha value is -6.11. The summed E-state index contributed by atoms with van der Waals surface area (Å²) in [4.78, 5) is 142. The number of likely N-dealkylation sites (tertiary alicyclic amines) is 2. The van der Waals surface area contributed by atoms with E-state index in [-0.39, 0.29) is 62.7 Å². The fourth-order valence-electron chi connectivity index (χ4n) is 8.47. The van der Waals surface area contributed by atoms with Crippen LogP contribution in [0.3, 0.4) is 0 Å². The maximum absolute atomic E-state index is 14.2. The number of nitrogens with two attached hydrogens (primary N) is 3. The first-order chi connectivity index (χ1) is 33.9. The van der Waals surface area contributed by atoms with E-state index in [1.807, 2.05) is 11.9 Å². The molecule has 0 aromatic rings. The number of aliphatic hydroxyl groups is 1. The molecule has 408 valence electrons. The van der Waals surface area contributed by atoms with Gasteiger partial charge in [-0.05, 0) is 90.1 Å². The molecule has 25 nitrogen and oxygen atoms in total. The molecule has 2 saturated heterocycles. The van der Waals surface area contributed by atoms with Crippen LogP contribution in [0.5, 0.6) is 0 Å². The third-order valence-electron chi connectivity index (χ3n) is 13.2. The number of primary amides is 1. The molecule has 0 aliphatic carbocycles. The maximum atomic E-state index is 14.2. The van der Waals surface area contributed by atoms with Crippen molar-refractivity contribution in [3.63, 3.8) is 0 Å². The molecule has 2 aliphatic rings. The van der Waals surface area contributed by atoms with Crippen molar-refractivity contribution in [2.75, 3.05) is 39.8 Å². The molecule has 0 aromatic heterocycles. The monoisotopic (exact) mass is 1020 g/mol. The van der Waals surface area contributed by atoms with Gasteiger partial charge in [-0.2, -0.15) is 0 Å². The van der Waals surface area contributed by atoms with Gasteiger partial charge in [0.05, 0.1) is 18.7 Å². The van der Waals surface area contributed by atoms with E-state index < -0.39 is 120 Å². The molecule has 0 aromatic carbocycles. The van der Waals surface area contributed by atoms with Gasteiger partial charge in [-0.25, -0.2) is 0 Å². The second-order valence-electron chi connectivity index (χ2n) is 19.3. The van der Waals surface area contributed by atoms with Crippen LogP contribution >= 0.6 is 0 Å². The summed E-state index contributed by atoms with van der Waals surface area (Å²) in [5.74, 6) is -8.65. The second-order valence-corrected chi connectivity index (χ2v) is 19.3. The van der Waals surface area contributed by atoms with E-state index in [0.29, 0.717) is 38.6 Å². The topological polar surface area (TPSA) is 384 Å². The molecule has 0 spiro atoms. The summed E-state index contributed by atoms with van der Waals surface area (Å²) < 4.78 is 0. The molecule has 0 unspecified atom stereocenters. The van der Waals surface area contributed by atoms with Gasteiger partial charge < -0.3 is 69.7 Å². The molecule has 0 radical (unpaired) electrons. The Bertz CT molecular complexity index is 1910. The molecule has 2 rings (SSSR count). The smallest absolute Gasteiger partial charge is 0.245 e. The lowest BCUT2D eigenvalue weighted by Crippen LogP contribution is -2.63. The van der Waals surface area contributed by atoms with Crippen molar-refractivity contribution < 1.29 is 53.1 Å². The van der Waals surface area contributed by atoms with Crippen LogP contribution in [0.15, 0.2) is 4.99 Å². The fraction of sp³-hybridized carbons (Fsp3) is 0.766. The van der Waals surface area contributed by atoms with E-state index in [1.54, 1.807) is 48.5 Å². The summed E-state index contributed by atoms with van der Waals surface area (Å²) in [5.41, 5.74) is 16.4. The number of rotatable bonds is 30. The first-order valence-corrected chi connectivity index (χ1v) is 25.3. The highest BCUT2D eigenvalue weighted by Crippen LogP contribution is 2.21. The summed E-state index contributed by atoms with van der Waals surface area (Å²) in [6.45, 7) is 14.4. The molecule has 0 bridgehead atoms. The third-order valence-corrected chi connectivity index (χ3v) is 13.2. The highest BCUT2D eigenvalue weighted by atomic mass is 16.3. The summed E-state index contributed by atoms with van der Waals surface area (Å²) in [7, 11) is 1.82. The van der Waals surface area contributed by atoms with Crippen molar-refractivity contribution in [3.05, 3.63) is 0 Å². The van der Waals surface area contributed by atoms with Crippen molar-refractivity contribution in [1.29, 1.82) is 0 Å². The lowest BCUT2D eigenvalue weighted by atomic mass is 9.95. The van der Waals surface area contributed by atoms with Gasteiger partial charge >= 0.3 is 0 Å². The molecule has 0 saturated carbocycles.